The summed E-state index contributed by atoms with van der Waals surface area (Å²) in [6.07, 6.45) is 1.96. The number of aromatic nitrogens is 2. The van der Waals surface area contributed by atoms with E-state index >= 15 is 0 Å². The molecule has 0 aliphatic rings. The summed E-state index contributed by atoms with van der Waals surface area (Å²) in [6, 6.07) is 8.49. The van der Waals surface area contributed by atoms with Gasteiger partial charge >= 0.3 is 0 Å². The molecule has 3 nitrogen and oxygen atoms in total. The van der Waals surface area contributed by atoms with Crippen LogP contribution < -0.4 is 5.73 Å². The van der Waals surface area contributed by atoms with Gasteiger partial charge in [0.25, 0.3) is 0 Å². The first-order valence-electron chi connectivity index (χ1n) is 6.51. The van der Waals surface area contributed by atoms with Gasteiger partial charge in [0.15, 0.2) is 0 Å². The Morgan fingerprint density at radius 1 is 1.17 bits per heavy atom. The first-order valence-corrected chi connectivity index (χ1v) is 6.51. The van der Waals surface area contributed by atoms with Gasteiger partial charge in [-0.3, -0.25) is 0 Å². The van der Waals surface area contributed by atoms with Crippen LogP contribution in [0.5, 0.6) is 0 Å². The lowest BCUT2D eigenvalue weighted by Crippen LogP contribution is -2.03. The van der Waals surface area contributed by atoms with E-state index in [1.807, 2.05) is 4.68 Å². The fourth-order valence-corrected chi connectivity index (χ4v) is 2.41. The Kier molecular flexibility index (Phi) is 3.82. The summed E-state index contributed by atoms with van der Waals surface area (Å²) in [6.45, 7) is 7.07. The smallest absolute Gasteiger partial charge is 0.0649 e. The summed E-state index contributed by atoms with van der Waals surface area (Å²) in [7, 11) is 0. The number of aryl methyl sites for hydroxylation is 1. The zero-order chi connectivity index (χ0) is 13.1. The maximum absolute atomic E-state index is 5.56. The largest absolute Gasteiger partial charge is 0.330 e. The minimum absolute atomic E-state index is 0.694. The highest BCUT2D eigenvalue weighted by atomic mass is 15.3. The molecule has 1 aromatic heterocycles. The lowest BCUT2D eigenvalue weighted by Gasteiger charge is -2.06. The van der Waals surface area contributed by atoms with Crippen LogP contribution in [0.25, 0.3) is 5.69 Å². The summed E-state index contributed by atoms with van der Waals surface area (Å²) in [4.78, 5) is 0. The predicted molar refractivity (Wildman–Crippen MR) is 75.2 cm³/mol. The second-order valence-electron chi connectivity index (χ2n) is 4.62. The van der Waals surface area contributed by atoms with E-state index in [-0.39, 0.29) is 0 Å². The highest BCUT2D eigenvalue weighted by Gasteiger charge is 2.10. The highest BCUT2D eigenvalue weighted by molar-refractivity contribution is 5.38. The number of hydrogen-bond acceptors (Lipinski definition) is 2. The van der Waals surface area contributed by atoms with Crippen molar-refractivity contribution in [3.05, 3.63) is 46.8 Å². The molecule has 2 aromatic rings. The molecular formula is C15H21N3. The lowest BCUT2D eigenvalue weighted by atomic mass is 10.1. The third kappa shape index (κ3) is 2.31. The number of nitrogens with two attached hydrogens (primary N) is 1. The Labute approximate surface area is 109 Å². The Hall–Kier alpha value is -1.61. The molecule has 0 aliphatic carbocycles. The van der Waals surface area contributed by atoms with Gasteiger partial charge in [-0.15, -0.1) is 0 Å². The van der Waals surface area contributed by atoms with Crippen molar-refractivity contribution in [1.82, 2.24) is 9.78 Å². The van der Waals surface area contributed by atoms with E-state index in [1.165, 1.54) is 16.8 Å². The molecule has 0 saturated carbocycles. The van der Waals surface area contributed by atoms with Crippen molar-refractivity contribution in [2.45, 2.75) is 33.6 Å². The molecule has 96 valence electrons. The van der Waals surface area contributed by atoms with Crippen molar-refractivity contribution in [2.24, 2.45) is 5.73 Å². The zero-order valence-electron chi connectivity index (χ0n) is 11.4. The minimum atomic E-state index is 0.694. The Bertz CT molecular complexity index is 523. The summed E-state index contributed by atoms with van der Waals surface area (Å²) >= 11 is 0. The van der Waals surface area contributed by atoms with Gasteiger partial charge < -0.3 is 5.73 Å². The molecule has 0 radical (unpaired) electrons. The van der Waals surface area contributed by atoms with Crippen molar-refractivity contribution < 1.29 is 0 Å². The number of nitrogens with zero attached hydrogens (tertiary/aromatic N) is 2. The Morgan fingerprint density at radius 3 is 2.33 bits per heavy atom. The lowest BCUT2D eigenvalue weighted by molar-refractivity contribution is 0.831. The highest BCUT2D eigenvalue weighted by Crippen LogP contribution is 2.18. The standard InChI is InChI=1S/C15H21N3/c1-4-15-11(2)17-18(12(15)3)14-7-5-13(6-8-14)9-10-16/h5-8H,4,9-10,16H2,1-3H3. The maximum atomic E-state index is 5.56. The van der Waals surface area contributed by atoms with E-state index in [9.17, 15) is 0 Å². The number of hydrogen-bond donors (Lipinski definition) is 1. The monoisotopic (exact) mass is 243 g/mol. The molecule has 0 saturated heterocycles. The van der Waals surface area contributed by atoms with Gasteiger partial charge in [-0.2, -0.15) is 5.10 Å². The molecule has 0 unspecified atom stereocenters. The van der Waals surface area contributed by atoms with Gasteiger partial charge in [-0.1, -0.05) is 19.1 Å². The van der Waals surface area contributed by atoms with Gasteiger partial charge in [0, 0.05) is 5.69 Å². The predicted octanol–water partition coefficient (Wildman–Crippen LogP) is 2.55. The van der Waals surface area contributed by atoms with Gasteiger partial charge in [0.05, 0.1) is 11.4 Å². The van der Waals surface area contributed by atoms with Crippen LogP contribution in [-0.4, -0.2) is 16.3 Å². The molecule has 0 atom stereocenters. The first kappa shape index (κ1) is 12.8. The molecule has 2 N–H and O–H groups in total. The van der Waals surface area contributed by atoms with Crippen LogP contribution in [-0.2, 0) is 12.8 Å². The van der Waals surface area contributed by atoms with E-state index in [2.05, 4.69) is 50.1 Å². The average Bonchev–Trinajstić information content (AvgIpc) is 2.66. The molecule has 18 heavy (non-hydrogen) atoms. The zero-order valence-corrected chi connectivity index (χ0v) is 11.4. The van der Waals surface area contributed by atoms with E-state index in [0.717, 1.165) is 24.2 Å². The van der Waals surface area contributed by atoms with Gasteiger partial charge in [0.2, 0.25) is 0 Å². The summed E-state index contributed by atoms with van der Waals surface area (Å²) in [5.41, 5.74) is 11.7. The molecule has 1 heterocycles. The SMILES string of the molecule is CCc1c(C)nn(-c2ccc(CCN)cc2)c1C. The van der Waals surface area contributed by atoms with Crippen LogP contribution in [0, 0.1) is 13.8 Å². The second kappa shape index (κ2) is 5.36. The fraction of sp³-hybridized carbons (Fsp3) is 0.400. The van der Waals surface area contributed by atoms with E-state index in [4.69, 9.17) is 5.73 Å². The molecule has 1 aromatic carbocycles. The van der Waals surface area contributed by atoms with Crippen molar-refractivity contribution in [3.8, 4) is 5.69 Å². The van der Waals surface area contributed by atoms with Crippen LogP contribution in [0.4, 0.5) is 0 Å². The van der Waals surface area contributed by atoms with Crippen LogP contribution in [0.15, 0.2) is 24.3 Å². The van der Waals surface area contributed by atoms with Crippen molar-refractivity contribution >= 4 is 0 Å². The normalized spacial score (nSPS) is 10.9. The van der Waals surface area contributed by atoms with E-state index in [0.29, 0.717) is 6.54 Å². The minimum Gasteiger partial charge on any atom is -0.330 e. The van der Waals surface area contributed by atoms with Crippen molar-refractivity contribution in [2.75, 3.05) is 6.54 Å². The summed E-state index contributed by atoms with van der Waals surface area (Å²) in [5.74, 6) is 0. The molecule has 0 bridgehead atoms. The molecule has 0 aliphatic heterocycles. The topological polar surface area (TPSA) is 43.8 Å². The Morgan fingerprint density at radius 2 is 1.83 bits per heavy atom. The maximum Gasteiger partial charge on any atom is 0.0649 e. The average molecular weight is 243 g/mol. The molecule has 0 spiro atoms. The van der Waals surface area contributed by atoms with E-state index in [1.54, 1.807) is 0 Å². The van der Waals surface area contributed by atoms with Gasteiger partial charge in [-0.05, 0) is 56.5 Å². The second-order valence-corrected chi connectivity index (χ2v) is 4.62. The molecule has 3 heteroatoms. The van der Waals surface area contributed by atoms with Crippen LogP contribution in [0.1, 0.15) is 29.4 Å². The summed E-state index contributed by atoms with van der Waals surface area (Å²) in [5, 5.41) is 4.62. The van der Waals surface area contributed by atoms with Crippen LogP contribution in [0.2, 0.25) is 0 Å². The molecule has 0 amide bonds. The third-order valence-electron chi connectivity index (χ3n) is 3.41. The number of benzene rings is 1. The van der Waals surface area contributed by atoms with E-state index < -0.39 is 0 Å². The molecule has 2 rings (SSSR count). The quantitative estimate of drug-likeness (QED) is 0.897. The Balaban J connectivity index is 2.36. The third-order valence-corrected chi connectivity index (χ3v) is 3.41. The molecular weight excluding hydrogens is 222 g/mol. The summed E-state index contributed by atoms with van der Waals surface area (Å²) < 4.78 is 2.03. The molecule has 0 fully saturated rings. The van der Waals surface area contributed by atoms with Gasteiger partial charge in [-0.25, -0.2) is 4.68 Å². The number of rotatable bonds is 4. The van der Waals surface area contributed by atoms with Gasteiger partial charge in [0.1, 0.15) is 0 Å². The van der Waals surface area contributed by atoms with Crippen molar-refractivity contribution in [1.29, 1.82) is 0 Å². The fourth-order valence-electron chi connectivity index (χ4n) is 2.41. The van der Waals surface area contributed by atoms with Crippen LogP contribution in [0.3, 0.4) is 0 Å². The van der Waals surface area contributed by atoms with Crippen molar-refractivity contribution in [3.63, 3.8) is 0 Å². The van der Waals surface area contributed by atoms with Crippen LogP contribution >= 0.6 is 0 Å². The first-order chi connectivity index (χ1) is 8.67.